The van der Waals surface area contributed by atoms with Crippen LogP contribution < -0.4 is 4.74 Å². The van der Waals surface area contributed by atoms with Crippen molar-refractivity contribution in [1.29, 1.82) is 0 Å². The molecule has 1 unspecified atom stereocenters. The van der Waals surface area contributed by atoms with Gasteiger partial charge in [0.2, 0.25) is 0 Å². The maximum absolute atomic E-state index is 13.3. The second-order valence-corrected chi connectivity index (χ2v) is 13.0. The Morgan fingerprint density at radius 2 is 1.94 bits per heavy atom. The number of allylic oxidation sites excluding steroid dienone is 3. The van der Waals surface area contributed by atoms with Crippen LogP contribution in [0.5, 0.6) is 11.5 Å². The molecule has 0 spiro atoms. The predicted molar refractivity (Wildman–Crippen MR) is 140 cm³/mol. The number of carbonyl (C=O) groups is 1. The van der Waals surface area contributed by atoms with Gasteiger partial charge in [-0.2, -0.15) is 0 Å². The lowest BCUT2D eigenvalue weighted by Gasteiger charge is -2.32. The van der Waals surface area contributed by atoms with Gasteiger partial charge < -0.3 is 14.7 Å². The van der Waals surface area contributed by atoms with Crippen LogP contribution in [0.25, 0.3) is 0 Å². The second-order valence-electron chi connectivity index (χ2n) is 11.6. The second kappa shape index (κ2) is 10.8. The molecule has 0 aromatic heterocycles. The lowest BCUT2D eigenvalue weighted by molar-refractivity contribution is -0.145. The molecular formula is C28H41O7P. The number of phenols is 1. The SMILES string of the molecule is C=C(C)[C@@H]1CCC(C)=C[C@H]1c1c(O)cc(CCC)cc1OC(=O)C1(OP(=O)(O)OCC(C)(C)C)CC1. The topological polar surface area (TPSA) is 102 Å². The number of phosphoric acid groups is 1. The number of aromatic hydroxyl groups is 1. The molecule has 0 radical (unpaired) electrons. The van der Waals surface area contributed by atoms with Crippen molar-refractivity contribution in [1.82, 2.24) is 0 Å². The summed E-state index contributed by atoms with van der Waals surface area (Å²) in [6.07, 6.45) is 6.00. The Balaban J connectivity index is 1.93. The molecule has 8 heteroatoms. The number of rotatable bonds is 10. The fourth-order valence-electron chi connectivity index (χ4n) is 4.59. The smallest absolute Gasteiger partial charge is 0.473 e. The molecule has 2 N–H and O–H groups in total. The molecule has 1 aromatic rings. The maximum Gasteiger partial charge on any atom is 0.473 e. The van der Waals surface area contributed by atoms with Gasteiger partial charge in [0.15, 0.2) is 5.60 Å². The fraction of sp³-hybridized carbons (Fsp3) is 0.607. The molecular weight excluding hydrogens is 479 g/mol. The summed E-state index contributed by atoms with van der Waals surface area (Å²) in [7, 11) is -4.48. The number of phosphoric ester groups is 1. The summed E-state index contributed by atoms with van der Waals surface area (Å²) in [5.74, 6) is -0.552. The van der Waals surface area contributed by atoms with Gasteiger partial charge in [0, 0.05) is 11.5 Å². The lowest BCUT2D eigenvalue weighted by Crippen LogP contribution is -2.31. The van der Waals surface area contributed by atoms with E-state index in [2.05, 4.69) is 19.6 Å². The number of benzene rings is 1. The highest BCUT2D eigenvalue weighted by molar-refractivity contribution is 7.47. The first-order valence-corrected chi connectivity index (χ1v) is 14.2. The van der Waals surface area contributed by atoms with Gasteiger partial charge in [0.1, 0.15) is 11.5 Å². The number of esters is 1. The highest BCUT2D eigenvalue weighted by atomic mass is 31.2. The minimum absolute atomic E-state index is 0.00134. The molecule has 3 atom stereocenters. The van der Waals surface area contributed by atoms with Crippen LogP contribution in [-0.2, 0) is 24.8 Å². The highest BCUT2D eigenvalue weighted by Crippen LogP contribution is 2.57. The van der Waals surface area contributed by atoms with E-state index < -0.39 is 19.4 Å². The van der Waals surface area contributed by atoms with E-state index in [0.717, 1.165) is 30.4 Å². The third-order valence-corrected chi connectivity index (χ3v) is 7.70. The molecule has 2 aliphatic carbocycles. The fourth-order valence-corrected chi connectivity index (χ4v) is 5.89. The van der Waals surface area contributed by atoms with E-state index in [9.17, 15) is 19.4 Å². The van der Waals surface area contributed by atoms with Crippen LogP contribution in [0.4, 0.5) is 0 Å². The zero-order valence-corrected chi connectivity index (χ0v) is 23.3. The van der Waals surface area contributed by atoms with Crippen LogP contribution in [-0.4, -0.2) is 28.2 Å². The van der Waals surface area contributed by atoms with Crippen LogP contribution in [0.15, 0.2) is 35.9 Å². The molecule has 200 valence electrons. The third kappa shape index (κ3) is 7.10. The van der Waals surface area contributed by atoms with Gasteiger partial charge in [0.25, 0.3) is 0 Å². The van der Waals surface area contributed by atoms with E-state index in [1.807, 2.05) is 34.6 Å². The molecule has 7 nitrogen and oxygen atoms in total. The van der Waals surface area contributed by atoms with Crippen LogP contribution in [0, 0.1) is 11.3 Å². The highest BCUT2D eigenvalue weighted by Gasteiger charge is 2.58. The van der Waals surface area contributed by atoms with Gasteiger partial charge >= 0.3 is 13.8 Å². The van der Waals surface area contributed by atoms with Crippen molar-refractivity contribution in [3.8, 4) is 11.5 Å². The van der Waals surface area contributed by atoms with Crippen molar-refractivity contribution in [3.63, 3.8) is 0 Å². The zero-order valence-electron chi connectivity index (χ0n) is 22.4. The van der Waals surface area contributed by atoms with Gasteiger partial charge in [-0.3, -0.25) is 9.05 Å². The maximum atomic E-state index is 13.3. The summed E-state index contributed by atoms with van der Waals surface area (Å²) in [5, 5.41) is 11.1. The van der Waals surface area contributed by atoms with Crippen molar-refractivity contribution in [2.75, 3.05) is 6.61 Å². The average Bonchev–Trinajstić information content (AvgIpc) is 3.52. The summed E-state index contributed by atoms with van der Waals surface area (Å²) < 4.78 is 29.0. The van der Waals surface area contributed by atoms with E-state index in [4.69, 9.17) is 13.8 Å². The molecule has 36 heavy (non-hydrogen) atoms. The molecule has 0 aliphatic heterocycles. The molecule has 0 amide bonds. The average molecular weight is 521 g/mol. The van der Waals surface area contributed by atoms with E-state index >= 15 is 0 Å². The first-order chi connectivity index (χ1) is 16.7. The number of phenolic OH excluding ortho intramolecular Hbond substituents is 1. The lowest BCUT2D eigenvalue weighted by atomic mass is 9.73. The summed E-state index contributed by atoms with van der Waals surface area (Å²) in [5.41, 5.74) is 1.68. The third-order valence-electron chi connectivity index (χ3n) is 6.66. The molecule has 1 saturated carbocycles. The van der Waals surface area contributed by atoms with E-state index in [1.54, 1.807) is 12.1 Å². The standard InChI is InChI=1S/C28H41O7P/c1-8-9-20-15-23(29)25(22-14-19(4)10-11-21(22)18(2)3)24(16-20)34-26(30)28(12-13-28)35-36(31,32)33-17-27(5,6)7/h14-16,21-22,29H,2,8-13,17H2,1,3-7H3,(H,31,32)/t21-,22+/m0/s1. The van der Waals surface area contributed by atoms with Crippen LogP contribution in [0.3, 0.4) is 0 Å². The Hall–Kier alpha value is -1.92. The minimum atomic E-state index is -4.48. The van der Waals surface area contributed by atoms with Crippen LogP contribution in [0.2, 0.25) is 0 Å². The Bertz CT molecular complexity index is 1080. The van der Waals surface area contributed by atoms with Crippen molar-refractivity contribution >= 4 is 13.8 Å². The first kappa shape index (κ1) is 28.6. The molecule has 0 bridgehead atoms. The normalized spacial score (nSPS) is 22.9. The number of ether oxygens (including phenoxy) is 1. The Morgan fingerprint density at radius 3 is 2.50 bits per heavy atom. The van der Waals surface area contributed by atoms with Crippen LogP contribution >= 0.6 is 7.82 Å². The number of hydrogen-bond acceptors (Lipinski definition) is 6. The first-order valence-electron chi connectivity index (χ1n) is 12.8. The van der Waals surface area contributed by atoms with E-state index in [-0.39, 0.29) is 48.2 Å². The number of carbonyl (C=O) groups excluding carboxylic acids is 1. The monoisotopic (exact) mass is 520 g/mol. The van der Waals surface area contributed by atoms with Gasteiger partial charge in [-0.25, -0.2) is 9.36 Å². The Morgan fingerprint density at radius 1 is 1.28 bits per heavy atom. The zero-order chi connectivity index (χ0) is 26.9. The molecule has 3 rings (SSSR count). The Kier molecular flexibility index (Phi) is 8.61. The molecule has 0 saturated heterocycles. The minimum Gasteiger partial charge on any atom is -0.507 e. The number of aryl methyl sites for hydroxylation is 1. The summed E-state index contributed by atoms with van der Waals surface area (Å²) in [6, 6.07) is 3.52. The van der Waals surface area contributed by atoms with Gasteiger partial charge in [-0.15, -0.1) is 0 Å². The molecule has 2 aliphatic rings. The predicted octanol–water partition coefficient (Wildman–Crippen LogP) is 6.98. The van der Waals surface area contributed by atoms with Gasteiger partial charge in [-0.05, 0) is 75.0 Å². The number of hydrogen-bond donors (Lipinski definition) is 2. The quantitative estimate of drug-likeness (QED) is 0.148. The van der Waals surface area contributed by atoms with E-state index in [1.165, 1.54) is 5.57 Å². The van der Waals surface area contributed by atoms with Crippen molar-refractivity contribution in [2.24, 2.45) is 11.3 Å². The van der Waals surface area contributed by atoms with Crippen molar-refractivity contribution < 1.29 is 33.1 Å². The molecule has 1 aromatic carbocycles. The summed E-state index contributed by atoms with van der Waals surface area (Å²) in [6.45, 7) is 15.8. The van der Waals surface area contributed by atoms with Crippen molar-refractivity contribution in [2.45, 2.75) is 91.6 Å². The van der Waals surface area contributed by atoms with Crippen molar-refractivity contribution in [3.05, 3.63) is 47.1 Å². The largest absolute Gasteiger partial charge is 0.507 e. The van der Waals surface area contributed by atoms with Crippen LogP contribution in [0.1, 0.15) is 90.7 Å². The summed E-state index contributed by atoms with van der Waals surface area (Å²) in [4.78, 5) is 23.6. The van der Waals surface area contributed by atoms with E-state index in [0.29, 0.717) is 12.0 Å². The van der Waals surface area contributed by atoms with Gasteiger partial charge in [0.05, 0.1) is 6.61 Å². The Labute approximate surface area is 215 Å². The van der Waals surface area contributed by atoms with Gasteiger partial charge in [-0.1, -0.05) is 57.9 Å². The summed E-state index contributed by atoms with van der Waals surface area (Å²) >= 11 is 0. The molecule has 0 heterocycles. The molecule has 1 fully saturated rings.